The number of anilines is 1. The predicted octanol–water partition coefficient (Wildman–Crippen LogP) is 4.95. The molecule has 0 unspecified atom stereocenters. The SMILES string of the molecule is C[C@H]1CCCN(C(=O)c2ccc(CN(c3ccccc3)S(=O)(=O)c3ccccc3)cc2)C1. The fourth-order valence-electron chi connectivity index (χ4n) is 4.10. The van der Waals surface area contributed by atoms with Gasteiger partial charge in [0.1, 0.15) is 0 Å². The van der Waals surface area contributed by atoms with E-state index >= 15 is 0 Å². The van der Waals surface area contributed by atoms with Crippen LogP contribution in [-0.2, 0) is 16.6 Å². The second-order valence-electron chi connectivity index (χ2n) is 8.36. The summed E-state index contributed by atoms with van der Waals surface area (Å²) in [7, 11) is -3.74. The number of likely N-dealkylation sites (tertiary alicyclic amines) is 1. The third-order valence-corrected chi connectivity index (χ3v) is 7.63. The molecule has 1 fully saturated rings. The second-order valence-corrected chi connectivity index (χ2v) is 10.2. The summed E-state index contributed by atoms with van der Waals surface area (Å²) in [6.07, 6.45) is 2.20. The fraction of sp³-hybridized carbons (Fsp3) is 0.269. The van der Waals surface area contributed by atoms with Crippen LogP contribution in [0.1, 0.15) is 35.7 Å². The van der Waals surface area contributed by atoms with Crippen LogP contribution in [0.15, 0.2) is 89.8 Å². The van der Waals surface area contributed by atoms with Gasteiger partial charge in [0.15, 0.2) is 0 Å². The van der Waals surface area contributed by atoms with E-state index in [-0.39, 0.29) is 17.3 Å². The van der Waals surface area contributed by atoms with Gasteiger partial charge in [-0.15, -0.1) is 0 Å². The molecule has 0 N–H and O–H groups in total. The number of rotatable bonds is 6. The van der Waals surface area contributed by atoms with Crippen molar-refractivity contribution >= 4 is 21.6 Å². The van der Waals surface area contributed by atoms with E-state index in [9.17, 15) is 13.2 Å². The Morgan fingerprint density at radius 3 is 2.19 bits per heavy atom. The second kappa shape index (κ2) is 9.57. The number of hydrogen-bond donors (Lipinski definition) is 0. The Balaban J connectivity index is 1.58. The van der Waals surface area contributed by atoms with Crippen LogP contribution in [-0.4, -0.2) is 32.3 Å². The number of piperidine rings is 1. The van der Waals surface area contributed by atoms with Crippen molar-refractivity contribution < 1.29 is 13.2 Å². The van der Waals surface area contributed by atoms with E-state index in [1.54, 1.807) is 54.6 Å². The lowest BCUT2D eigenvalue weighted by atomic mass is 9.99. The third-order valence-electron chi connectivity index (χ3n) is 5.85. The molecule has 1 heterocycles. The molecule has 6 heteroatoms. The number of benzene rings is 3. The number of nitrogens with zero attached hydrogens (tertiary/aromatic N) is 2. The van der Waals surface area contributed by atoms with Crippen molar-refractivity contribution in [1.82, 2.24) is 4.90 Å². The summed E-state index contributed by atoms with van der Waals surface area (Å²) in [5, 5.41) is 0. The van der Waals surface area contributed by atoms with Crippen molar-refractivity contribution in [3.05, 3.63) is 96.1 Å². The van der Waals surface area contributed by atoms with Gasteiger partial charge in [0.2, 0.25) is 0 Å². The number of carbonyl (C=O) groups excluding carboxylic acids is 1. The van der Waals surface area contributed by atoms with E-state index in [1.165, 1.54) is 4.31 Å². The minimum atomic E-state index is -3.74. The Hall–Kier alpha value is -3.12. The Kier molecular flexibility index (Phi) is 6.61. The van der Waals surface area contributed by atoms with E-state index in [0.29, 0.717) is 17.2 Å². The molecule has 1 amide bonds. The van der Waals surface area contributed by atoms with Crippen molar-refractivity contribution in [2.24, 2.45) is 5.92 Å². The monoisotopic (exact) mass is 448 g/mol. The Labute approximate surface area is 190 Å². The molecule has 0 bridgehead atoms. The minimum absolute atomic E-state index is 0.0416. The first-order valence-electron chi connectivity index (χ1n) is 11.0. The largest absolute Gasteiger partial charge is 0.338 e. The predicted molar refractivity (Wildman–Crippen MR) is 127 cm³/mol. The van der Waals surface area contributed by atoms with E-state index < -0.39 is 10.0 Å². The van der Waals surface area contributed by atoms with Gasteiger partial charge in [0.25, 0.3) is 15.9 Å². The molecule has 0 radical (unpaired) electrons. The number of para-hydroxylation sites is 1. The van der Waals surface area contributed by atoms with E-state index in [2.05, 4.69) is 6.92 Å². The highest BCUT2D eigenvalue weighted by Crippen LogP contribution is 2.26. The zero-order chi connectivity index (χ0) is 22.6. The summed E-state index contributed by atoms with van der Waals surface area (Å²) in [6.45, 7) is 3.93. The van der Waals surface area contributed by atoms with Gasteiger partial charge in [0, 0.05) is 18.7 Å². The quantitative estimate of drug-likeness (QED) is 0.536. The maximum absolute atomic E-state index is 13.4. The van der Waals surface area contributed by atoms with Crippen molar-refractivity contribution in [2.45, 2.75) is 31.2 Å². The smallest absolute Gasteiger partial charge is 0.264 e. The van der Waals surface area contributed by atoms with Crippen molar-refractivity contribution in [3.63, 3.8) is 0 Å². The number of sulfonamides is 1. The average molecular weight is 449 g/mol. The summed E-state index contributed by atoms with van der Waals surface area (Å²) < 4.78 is 28.2. The first-order valence-corrected chi connectivity index (χ1v) is 12.4. The highest BCUT2D eigenvalue weighted by molar-refractivity contribution is 7.92. The topological polar surface area (TPSA) is 57.7 Å². The van der Waals surface area contributed by atoms with Crippen LogP contribution in [0, 0.1) is 5.92 Å². The highest BCUT2D eigenvalue weighted by atomic mass is 32.2. The third kappa shape index (κ3) is 4.86. The normalized spacial score (nSPS) is 16.5. The standard InChI is InChI=1S/C26H28N2O3S/c1-21-9-8-18-27(19-21)26(29)23-16-14-22(15-17-23)20-28(24-10-4-2-5-11-24)32(30,31)25-12-6-3-7-13-25/h2-7,10-17,21H,8-9,18-20H2,1H3/t21-/m0/s1. The van der Waals surface area contributed by atoms with Crippen LogP contribution in [0.3, 0.4) is 0 Å². The molecule has 5 nitrogen and oxygen atoms in total. The van der Waals surface area contributed by atoms with Gasteiger partial charge in [-0.3, -0.25) is 9.10 Å². The van der Waals surface area contributed by atoms with Gasteiger partial charge in [-0.25, -0.2) is 8.42 Å². The lowest BCUT2D eigenvalue weighted by Gasteiger charge is -2.31. The summed E-state index contributed by atoms with van der Waals surface area (Å²) >= 11 is 0. The molecule has 3 aromatic carbocycles. The molecule has 1 atom stereocenters. The van der Waals surface area contributed by atoms with Gasteiger partial charge in [-0.05, 0) is 60.7 Å². The molecule has 3 aromatic rings. The van der Waals surface area contributed by atoms with E-state index in [1.807, 2.05) is 35.2 Å². The van der Waals surface area contributed by atoms with Crippen LogP contribution < -0.4 is 4.31 Å². The van der Waals surface area contributed by atoms with Crippen LogP contribution >= 0.6 is 0 Å². The van der Waals surface area contributed by atoms with Crippen molar-refractivity contribution in [1.29, 1.82) is 0 Å². The fourth-order valence-corrected chi connectivity index (χ4v) is 5.58. The molecule has 0 aliphatic carbocycles. The Bertz CT molecular complexity index is 1150. The lowest BCUT2D eigenvalue weighted by Crippen LogP contribution is -2.39. The Morgan fingerprint density at radius 1 is 0.938 bits per heavy atom. The minimum Gasteiger partial charge on any atom is -0.338 e. The molecule has 166 valence electrons. The van der Waals surface area contributed by atoms with Gasteiger partial charge in [-0.2, -0.15) is 0 Å². The highest BCUT2D eigenvalue weighted by Gasteiger charge is 2.26. The van der Waals surface area contributed by atoms with Crippen LogP contribution in [0.5, 0.6) is 0 Å². The van der Waals surface area contributed by atoms with Crippen LogP contribution in [0.4, 0.5) is 5.69 Å². The molecule has 0 aromatic heterocycles. The Morgan fingerprint density at radius 2 is 1.56 bits per heavy atom. The number of amides is 1. The summed E-state index contributed by atoms with van der Waals surface area (Å²) in [4.78, 5) is 15.0. The van der Waals surface area contributed by atoms with E-state index in [0.717, 1.165) is 31.5 Å². The molecule has 0 saturated carbocycles. The molecule has 1 aliphatic rings. The van der Waals surface area contributed by atoms with E-state index in [4.69, 9.17) is 0 Å². The number of hydrogen-bond acceptors (Lipinski definition) is 3. The molecule has 0 spiro atoms. The maximum atomic E-state index is 13.4. The first-order chi connectivity index (χ1) is 15.4. The molecular formula is C26H28N2O3S. The first kappa shape index (κ1) is 22.1. The van der Waals surface area contributed by atoms with Gasteiger partial charge in [-0.1, -0.05) is 55.5 Å². The molecule has 1 saturated heterocycles. The maximum Gasteiger partial charge on any atom is 0.264 e. The zero-order valence-electron chi connectivity index (χ0n) is 18.2. The summed E-state index contributed by atoms with van der Waals surface area (Å²) in [6, 6.07) is 24.8. The molecule has 32 heavy (non-hydrogen) atoms. The number of carbonyl (C=O) groups is 1. The van der Waals surface area contributed by atoms with Crippen LogP contribution in [0.2, 0.25) is 0 Å². The summed E-state index contributed by atoms with van der Waals surface area (Å²) in [5.74, 6) is 0.564. The lowest BCUT2D eigenvalue weighted by molar-refractivity contribution is 0.0683. The summed E-state index contributed by atoms with van der Waals surface area (Å²) in [5.41, 5.74) is 2.05. The molecular weight excluding hydrogens is 420 g/mol. The van der Waals surface area contributed by atoms with Gasteiger partial charge in [0.05, 0.1) is 17.1 Å². The van der Waals surface area contributed by atoms with Gasteiger partial charge < -0.3 is 4.90 Å². The molecule has 1 aliphatic heterocycles. The molecule has 4 rings (SSSR count). The van der Waals surface area contributed by atoms with Gasteiger partial charge >= 0.3 is 0 Å². The van der Waals surface area contributed by atoms with Crippen molar-refractivity contribution in [2.75, 3.05) is 17.4 Å². The average Bonchev–Trinajstić information content (AvgIpc) is 2.83. The van der Waals surface area contributed by atoms with Crippen LogP contribution in [0.25, 0.3) is 0 Å². The van der Waals surface area contributed by atoms with Crippen molar-refractivity contribution in [3.8, 4) is 0 Å². The zero-order valence-corrected chi connectivity index (χ0v) is 19.0.